The van der Waals surface area contributed by atoms with Gasteiger partial charge in [0.1, 0.15) is 5.76 Å². The summed E-state index contributed by atoms with van der Waals surface area (Å²) in [5.74, 6) is 0.883. The molecular weight excluding hydrogens is 262 g/mol. The third kappa shape index (κ3) is 3.24. The molecular formula is C18H19NO2. The van der Waals surface area contributed by atoms with Gasteiger partial charge in [-0.25, -0.2) is 0 Å². The van der Waals surface area contributed by atoms with Gasteiger partial charge in [0.25, 0.3) is 0 Å². The molecule has 0 bridgehead atoms. The summed E-state index contributed by atoms with van der Waals surface area (Å²) in [5.41, 5.74) is 1.03. The lowest BCUT2D eigenvalue weighted by Gasteiger charge is -2.26. The Labute approximate surface area is 124 Å². The molecule has 1 aliphatic carbocycles. The zero-order valence-corrected chi connectivity index (χ0v) is 12.1. The van der Waals surface area contributed by atoms with Crippen LogP contribution in [0.5, 0.6) is 0 Å². The van der Waals surface area contributed by atoms with Crippen molar-refractivity contribution in [1.29, 1.82) is 0 Å². The molecule has 0 spiro atoms. The Hall–Kier alpha value is -2.29. The van der Waals surface area contributed by atoms with Crippen molar-refractivity contribution in [1.82, 2.24) is 4.90 Å². The molecule has 2 aromatic rings. The number of furan rings is 1. The lowest BCUT2D eigenvalue weighted by Crippen LogP contribution is -2.34. The summed E-state index contributed by atoms with van der Waals surface area (Å²) in [6.45, 7) is 2.02. The highest BCUT2D eigenvalue weighted by Gasteiger charge is 2.36. The first kappa shape index (κ1) is 13.7. The Morgan fingerprint density at radius 3 is 2.62 bits per heavy atom. The average Bonchev–Trinajstić information content (AvgIpc) is 3.18. The fourth-order valence-corrected chi connectivity index (χ4v) is 2.52. The lowest BCUT2D eigenvalue weighted by molar-refractivity contribution is -0.129. The van der Waals surface area contributed by atoms with E-state index in [1.54, 1.807) is 12.3 Å². The molecule has 0 aliphatic heterocycles. The van der Waals surface area contributed by atoms with Crippen LogP contribution in [0, 0.1) is 0 Å². The van der Waals surface area contributed by atoms with Crippen LogP contribution >= 0.6 is 0 Å². The van der Waals surface area contributed by atoms with Gasteiger partial charge < -0.3 is 9.32 Å². The van der Waals surface area contributed by atoms with Crippen LogP contribution in [-0.2, 0) is 4.79 Å². The van der Waals surface area contributed by atoms with Gasteiger partial charge in [-0.3, -0.25) is 4.79 Å². The van der Waals surface area contributed by atoms with Crippen LogP contribution in [0.3, 0.4) is 0 Å². The molecule has 3 heteroatoms. The molecule has 3 rings (SSSR count). The van der Waals surface area contributed by atoms with Crippen LogP contribution in [0.4, 0.5) is 0 Å². The lowest BCUT2D eigenvalue weighted by atomic mass is 10.2. The normalized spacial score (nSPS) is 16.0. The molecule has 3 nitrogen and oxygen atoms in total. The van der Waals surface area contributed by atoms with Crippen molar-refractivity contribution in [3.8, 4) is 0 Å². The second-order valence-corrected chi connectivity index (χ2v) is 5.41. The summed E-state index contributed by atoms with van der Waals surface area (Å²) < 4.78 is 5.45. The number of amides is 1. The molecule has 1 aliphatic rings. The van der Waals surface area contributed by atoms with Gasteiger partial charge in [0.2, 0.25) is 5.91 Å². The molecule has 0 saturated heterocycles. The smallest absolute Gasteiger partial charge is 0.247 e. The summed E-state index contributed by atoms with van der Waals surface area (Å²) >= 11 is 0. The summed E-state index contributed by atoms with van der Waals surface area (Å²) in [4.78, 5) is 14.5. The van der Waals surface area contributed by atoms with Gasteiger partial charge in [-0.2, -0.15) is 0 Å². The molecule has 1 saturated carbocycles. The molecule has 1 fully saturated rings. The van der Waals surface area contributed by atoms with E-state index >= 15 is 0 Å². The zero-order valence-electron chi connectivity index (χ0n) is 12.1. The predicted octanol–water partition coefficient (Wildman–Crippen LogP) is 4.05. The molecule has 0 radical (unpaired) electrons. The second-order valence-electron chi connectivity index (χ2n) is 5.41. The van der Waals surface area contributed by atoms with Crippen LogP contribution in [0.25, 0.3) is 6.08 Å². The molecule has 21 heavy (non-hydrogen) atoms. The first-order valence-corrected chi connectivity index (χ1v) is 7.34. The van der Waals surface area contributed by atoms with E-state index in [9.17, 15) is 4.79 Å². The van der Waals surface area contributed by atoms with Gasteiger partial charge in [0.15, 0.2) is 0 Å². The molecule has 1 atom stereocenters. The molecule has 1 unspecified atom stereocenters. The highest BCUT2D eigenvalue weighted by molar-refractivity contribution is 5.92. The number of hydrogen-bond donors (Lipinski definition) is 0. The van der Waals surface area contributed by atoms with E-state index in [1.165, 1.54) is 0 Å². The Morgan fingerprint density at radius 2 is 2.00 bits per heavy atom. The first-order valence-electron chi connectivity index (χ1n) is 7.34. The summed E-state index contributed by atoms with van der Waals surface area (Å²) in [7, 11) is 0. The second kappa shape index (κ2) is 6.00. The highest BCUT2D eigenvalue weighted by Crippen LogP contribution is 2.34. The van der Waals surface area contributed by atoms with Gasteiger partial charge in [-0.15, -0.1) is 0 Å². The van der Waals surface area contributed by atoms with Crippen molar-refractivity contribution < 1.29 is 9.21 Å². The van der Waals surface area contributed by atoms with E-state index < -0.39 is 0 Å². The van der Waals surface area contributed by atoms with Crippen molar-refractivity contribution >= 4 is 12.0 Å². The van der Waals surface area contributed by atoms with Crippen LogP contribution in [0.15, 0.2) is 59.2 Å². The molecule has 0 N–H and O–H groups in total. The first-order chi connectivity index (χ1) is 10.3. The minimum absolute atomic E-state index is 0.0274. The van der Waals surface area contributed by atoms with Gasteiger partial charge in [-0.05, 0) is 43.5 Å². The highest BCUT2D eigenvalue weighted by atomic mass is 16.3. The van der Waals surface area contributed by atoms with E-state index in [1.807, 2.05) is 60.4 Å². The fraction of sp³-hybridized carbons (Fsp3) is 0.278. The number of carbonyl (C=O) groups excluding carboxylic acids is 1. The maximum atomic E-state index is 12.5. The van der Waals surface area contributed by atoms with Gasteiger partial charge in [-0.1, -0.05) is 30.3 Å². The number of benzene rings is 1. The standard InChI is InChI=1S/C18H19NO2/c1-14(17-8-5-13-21-17)19(16-10-11-16)18(20)12-9-15-6-3-2-4-7-15/h2-9,12-14,16H,10-11H2,1H3/b12-9+. The Morgan fingerprint density at radius 1 is 1.24 bits per heavy atom. The van der Waals surface area contributed by atoms with E-state index in [0.29, 0.717) is 6.04 Å². The molecule has 1 aromatic carbocycles. The largest absolute Gasteiger partial charge is 0.467 e. The third-order valence-corrected chi connectivity index (χ3v) is 3.78. The zero-order chi connectivity index (χ0) is 14.7. The molecule has 1 amide bonds. The quantitative estimate of drug-likeness (QED) is 0.775. The SMILES string of the molecule is CC(c1ccco1)N(C(=O)/C=C/c1ccccc1)C1CC1. The third-order valence-electron chi connectivity index (χ3n) is 3.78. The summed E-state index contributed by atoms with van der Waals surface area (Å²) in [6.07, 6.45) is 7.34. The monoisotopic (exact) mass is 281 g/mol. The van der Waals surface area contributed by atoms with Crippen LogP contribution in [0.1, 0.15) is 37.1 Å². The molecule has 108 valence electrons. The Kier molecular flexibility index (Phi) is 3.91. The van der Waals surface area contributed by atoms with Gasteiger partial charge >= 0.3 is 0 Å². The van der Waals surface area contributed by atoms with E-state index in [2.05, 4.69) is 0 Å². The van der Waals surface area contributed by atoms with E-state index in [4.69, 9.17) is 4.42 Å². The Balaban J connectivity index is 1.75. The Bertz CT molecular complexity index is 612. The van der Waals surface area contributed by atoms with Gasteiger partial charge in [0.05, 0.1) is 12.3 Å². The number of carbonyl (C=O) groups is 1. The molecule has 1 aromatic heterocycles. The fourth-order valence-electron chi connectivity index (χ4n) is 2.52. The van der Waals surface area contributed by atoms with Crippen LogP contribution in [-0.4, -0.2) is 16.8 Å². The van der Waals surface area contributed by atoms with Gasteiger partial charge in [0, 0.05) is 12.1 Å². The molecule has 1 heterocycles. The predicted molar refractivity (Wildman–Crippen MR) is 82.5 cm³/mol. The van der Waals surface area contributed by atoms with Crippen molar-refractivity contribution in [2.24, 2.45) is 0 Å². The number of rotatable bonds is 5. The summed E-state index contributed by atoms with van der Waals surface area (Å²) in [6, 6.07) is 14.0. The van der Waals surface area contributed by atoms with Crippen molar-refractivity contribution in [2.45, 2.75) is 31.8 Å². The average molecular weight is 281 g/mol. The maximum absolute atomic E-state index is 12.5. The van der Waals surface area contributed by atoms with Crippen molar-refractivity contribution in [3.63, 3.8) is 0 Å². The topological polar surface area (TPSA) is 33.5 Å². The van der Waals surface area contributed by atoms with Crippen LogP contribution < -0.4 is 0 Å². The van der Waals surface area contributed by atoms with Crippen molar-refractivity contribution in [2.75, 3.05) is 0 Å². The van der Waals surface area contributed by atoms with E-state index in [-0.39, 0.29) is 11.9 Å². The maximum Gasteiger partial charge on any atom is 0.247 e. The number of nitrogens with zero attached hydrogens (tertiary/aromatic N) is 1. The van der Waals surface area contributed by atoms with Crippen molar-refractivity contribution in [3.05, 3.63) is 66.1 Å². The summed E-state index contributed by atoms with van der Waals surface area (Å²) in [5, 5.41) is 0. The van der Waals surface area contributed by atoms with E-state index in [0.717, 1.165) is 24.2 Å². The number of hydrogen-bond acceptors (Lipinski definition) is 2. The minimum atomic E-state index is -0.0274. The minimum Gasteiger partial charge on any atom is -0.467 e. The van der Waals surface area contributed by atoms with Crippen LogP contribution in [0.2, 0.25) is 0 Å².